The van der Waals surface area contributed by atoms with Gasteiger partial charge >= 0.3 is 0 Å². The van der Waals surface area contributed by atoms with Gasteiger partial charge in [-0.25, -0.2) is 4.39 Å². The zero-order valence-electron chi connectivity index (χ0n) is 12.3. The van der Waals surface area contributed by atoms with Gasteiger partial charge < -0.3 is 5.32 Å². The minimum absolute atomic E-state index is 0.196. The number of nitrogens with zero attached hydrogens (tertiary/aromatic N) is 1. The van der Waals surface area contributed by atoms with Crippen LogP contribution in [-0.4, -0.2) is 30.1 Å². The Balaban J connectivity index is 2.00. The van der Waals surface area contributed by atoms with Crippen molar-refractivity contribution in [1.82, 2.24) is 10.2 Å². The largest absolute Gasteiger partial charge is 0.313 e. The second-order valence-corrected chi connectivity index (χ2v) is 6.36. The Hall–Kier alpha value is -0.640. The Morgan fingerprint density at radius 2 is 2.20 bits per heavy atom. The van der Waals surface area contributed by atoms with Crippen molar-refractivity contribution in [2.24, 2.45) is 0 Å². The van der Waals surface area contributed by atoms with Crippen molar-refractivity contribution >= 4 is 11.6 Å². The van der Waals surface area contributed by atoms with Crippen LogP contribution in [0, 0.1) is 5.82 Å². The highest BCUT2D eigenvalue weighted by atomic mass is 35.5. The van der Waals surface area contributed by atoms with Crippen LogP contribution in [0.4, 0.5) is 4.39 Å². The zero-order chi connectivity index (χ0) is 14.5. The number of hydrogen-bond donors (Lipinski definition) is 1. The maximum absolute atomic E-state index is 13.9. The molecule has 1 fully saturated rings. The van der Waals surface area contributed by atoms with Gasteiger partial charge in [0.1, 0.15) is 5.82 Å². The monoisotopic (exact) mass is 298 g/mol. The SMILES string of the molecule is CC(C)NCC1CCCCN1Cc1ccc(Cl)cc1F. The van der Waals surface area contributed by atoms with E-state index in [0.717, 1.165) is 18.7 Å². The number of hydrogen-bond acceptors (Lipinski definition) is 2. The molecule has 0 saturated carbocycles. The summed E-state index contributed by atoms with van der Waals surface area (Å²) in [5, 5.41) is 3.96. The third-order valence-electron chi connectivity index (χ3n) is 3.90. The van der Waals surface area contributed by atoms with Crippen LogP contribution in [-0.2, 0) is 6.54 Å². The van der Waals surface area contributed by atoms with Crippen LogP contribution in [0.1, 0.15) is 38.7 Å². The molecule has 4 heteroatoms. The molecule has 2 rings (SSSR count). The standard InChI is InChI=1S/C16H24ClFN2/c1-12(2)19-10-15-5-3-4-8-20(15)11-13-6-7-14(17)9-16(13)18/h6-7,9,12,15,19H,3-5,8,10-11H2,1-2H3. The molecule has 112 valence electrons. The minimum Gasteiger partial charge on any atom is -0.313 e. The summed E-state index contributed by atoms with van der Waals surface area (Å²) in [5.41, 5.74) is 0.742. The third-order valence-corrected chi connectivity index (χ3v) is 4.13. The normalized spacial score (nSPS) is 20.6. The van der Waals surface area contributed by atoms with E-state index >= 15 is 0 Å². The summed E-state index contributed by atoms with van der Waals surface area (Å²) >= 11 is 5.81. The number of rotatable bonds is 5. The Morgan fingerprint density at radius 3 is 2.90 bits per heavy atom. The Labute approximate surface area is 126 Å². The van der Waals surface area contributed by atoms with E-state index in [1.54, 1.807) is 12.1 Å². The van der Waals surface area contributed by atoms with Gasteiger partial charge in [0.15, 0.2) is 0 Å². The fraction of sp³-hybridized carbons (Fsp3) is 0.625. The predicted molar refractivity (Wildman–Crippen MR) is 82.6 cm³/mol. The van der Waals surface area contributed by atoms with Crippen LogP contribution in [0.3, 0.4) is 0 Å². The van der Waals surface area contributed by atoms with E-state index in [1.165, 1.54) is 25.3 Å². The van der Waals surface area contributed by atoms with Crippen LogP contribution >= 0.6 is 11.6 Å². The number of piperidine rings is 1. The second kappa shape index (κ2) is 7.39. The van der Waals surface area contributed by atoms with Gasteiger partial charge in [-0.1, -0.05) is 37.9 Å². The van der Waals surface area contributed by atoms with E-state index in [9.17, 15) is 4.39 Å². The molecule has 2 nitrogen and oxygen atoms in total. The van der Waals surface area contributed by atoms with E-state index in [4.69, 9.17) is 11.6 Å². The Bertz CT molecular complexity index is 436. The fourth-order valence-electron chi connectivity index (χ4n) is 2.74. The lowest BCUT2D eigenvalue weighted by molar-refractivity contribution is 0.134. The highest BCUT2D eigenvalue weighted by Crippen LogP contribution is 2.22. The number of benzene rings is 1. The van der Waals surface area contributed by atoms with Gasteiger partial charge in [0.2, 0.25) is 0 Å². The van der Waals surface area contributed by atoms with Gasteiger partial charge in [-0.05, 0) is 31.5 Å². The number of nitrogens with one attached hydrogen (secondary N) is 1. The summed E-state index contributed by atoms with van der Waals surface area (Å²) in [6, 6.07) is 5.97. The first-order chi connectivity index (χ1) is 9.56. The molecule has 1 saturated heterocycles. The van der Waals surface area contributed by atoms with Crippen molar-refractivity contribution in [3.63, 3.8) is 0 Å². The van der Waals surface area contributed by atoms with E-state index in [2.05, 4.69) is 24.1 Å². The van der Waals surface area contributed by atoms with Crippen LogP contribution in [0.2, 0.25) is 5.02 Å². The lowest BCUT2D eigenvalue weighted by atomic mass is 10.0. The molecular formula is C16H24ClFN2. The van der Waals surface area contributed by atoms with E-state index < -0.39 is 0 Å². The molecule has 0 aromatic heterocycles. The first-order valence-electron chi connectivity index (χ1n) is 7.47. The summed E-state index contributed by atoms with van der Waals surface area (Å²) < 4.78 is 13.9. The van der Waals surface area contributed by atoms with Crippen molar-refractivity contribution in [1.29, 1.82) is 0 Å². The van der Waals surface area contributed by atoms with Crippen LogP contribution < -0.4 is 5.32 Å². The van der Waals surface area contributed by atoms with Crippen LogP contribution in [0.15, 0.2) is 18.2 Å². The fourth-order valence-corrected chi connectivity index (χ4v) is 2.90. The van der Waals surface area contributed by atoms with Crippen molar-refractivity contribution in [3.8, 4) is 0 Å². The lowest BCUT2D eigenvalue weighted by Crippen LogP contribution is -2.46. The van der Waals surface area contributed by atoms with Crippen molar-refractivity contribution in [3.05, 3.63) is 34.6 Å². The quantitative estimate of drug-likeness (QED) is 0.889. The molecule has 0 bridgehead atoms. The maximum atomic E-state index is 13.9. The average Bonchev–Trinajstić information content (AvgIpc) is 2.41. The Morgan fingerprint density at radius 1 is 1.40 bits per heavy atom. The van der Waals surface area contributed by atoms with Gasteiger partial charge in [-0.15, -0.1) is 0 Å². The summed E-state index contributed by atoms with van der Waals surface area (Å²) in [6.45, 7) is 7.02. The molecule has 1 heterocycles. The first-order valence-corrected chi connectivity index (χ1v) is 7.85. The maximum Gasteiger partial charge on any atom is 0.129 e. The van der Waals surface area contributed by atoms with E-state index in [1.807, 2.05) is 0 Å². The minimum atomic E-state index is -0.196. The van der Waals surface area contributed by atoms with Gasteiger partial charge in [-0.2, -0.15) is 0 Å². The summed E-state index contributed by atoms with van der Waals surface area (Å²) in [5.74, 6) is -0.196. The number of halogens is 2. The molecule has 1 unspecified atom stereocenters. The topological polar surface area (TPSA) is 15.3 Å². The average molecular weight is 299 g/mol. The predicted octanol–water partition coefficient (Wildman–Crippen LogP) is 3.83. The molecule has 20 heavy (non-hydrogen) atoms. The first kappa shape index (κ1) is 15.7. The van der Waals surface area contributed by atoms with Gasteiger partial charge in [0.25, 0.3) is 0 Å². The number of likely N-dealkylation sites (tertiary alicyclic amines) is 1. The van der Waals surface area contributed by atoms with Crippen LogP contribution in [0.5, 0.6) is 0 Å². The van der Waals surface area contributed by atoms with Gasteiger partial charge in [0, 0.05) is 35.8 Å². The third kappa shape index (κ3) is 4.44. The smallest absolute Gasteiger partial charge is 0.129 e. The van der Waals surface area contributed by atoms with Crippen molar-refractivity contribution in [2.75, 3.05) is 13.1 Å². The molecule has 1 aliphatic rings. The molecule has 1 N–H and O–H groups in total. The molecule has 0 radical (unpaired) electrons. The molecule has 1 aromatic rings. The lowest BCUT2D eigenvalue weighted by Gasteiger charge is -2.36. The Kier molecular flexibility index (Phi) is 5.82. The second-order valence-electron chi connectivity index (χ2n) is 5.92. The highest BCUT2D eigenvalue weighted by molar-refractivity contribution is 6.30. The summed E-state index contributed by atoms with van der Waals surface area (Å²) in [4.78, 5) is 2.39. The van der Waals surface area contributed by atoms with Gasteiger partial charge in [0.05, 0.1) is 0 Å². The van der Waals surface area contributed by atoms with E-state index in [0.29, 0.717) is 23.7 Å². The zero-order valence-corrected chi connectivity index (χ0v) is 13.1. The van der Waals surface area contributed by atoms with E-state index in [-0.39, 0.29) is 5.82 Å². The van der Waals surface area contributed by atoms with Crippen molar-refractivity contribution < 1.29 is 4.39 Å². The molecule has 0 aliphatic carbocycles. The summed E-state index contributed by atoms with van der Waals surface area (Å²) in [6.07, 6.45) is 3.66. The molecule has 0 amide bonds. The van der Waals surface area contributed by atoms with Crippen molar-refractivity contribution in [2.45, 2.75) is 51.7 Å². The molecule has 0 spiro atoms. The summed E-state index contributed by atoms with van der Waals surface area (Å²) in [7, 11) is 0. The molecule has 1 aliphatic heterocycles. The molecule has 1 aromatic carbocycles. The highest BCUT2D eigenvalue weighted by Gasteiger charge is 2.23. The van der Waals surface area contributed by atoms with Crippen LogP contribution in [0.25, 0.3) is 0 Å². The van der Waals surface area contributed by atoms with Gasteiger partial charge in [-0.3, -0.25) is 4.90 Å². The molecule has 1 atom stereocenters. The molecular weight excluding hydrogens is 275 g/mol.